The highest BCUT2D eigenvalue weighted by Gasteiger charge is 2.16. The molecule has 336 valence electrons. The molecule has 0 spiro atoms. The number of rotatable bonds is 9. The van der Waals surface area contributed by atoms with Crippen LogP contribution in [-0.2, 0) is 0 Å². The van der Waals surface area contributed by atoms with Crippen molar-refractivity contribution >= 4 is 86.3 Å². The second-order valence-corrected chi connectivity index (χ2v) is 19.2. The molecule has 9 aromatic carbocycles. The van der Waals surface area contributed by atoms with Gasteiger partial charge in [0, 0.05) is 53.1 Å². The van der Waals surface area contributed by atoms with Gasteiger partial charge in [0.2, 0.25) is 0 Å². The van der Waals surface area contributed by atoms with Crippen LogP contribution in [0.1, 0.15) is 31.9 Å². The fourth-order valence-electron chi connectivity index (χ4n) is 9.94. The van der Waals surface area contributed by atoms with Gasteiger partial charge >= 0.3 is 0 Å². The maximum atomic E-state index is 4.01. The van der Waals surface area contributed by atoms with Crippen LogP contribution in [0.4, 0.5) is 0 Å². The molecule has 0 aliphatic carbocycles. The monoisotopic (exact) mass is 916 g/mol. The Morgan fingerprint density at radius 3 is 1.39 bits per heavy atom. The van der Waals surface area contributed by atoms with Crippen LogP contribution in [0, 0.1) is 0 Å². The average Bonchev–Trinajstić information content (AvgIpc) is 4.06. The molecule has 0 aliphatic rings. The van der Waals surface area contributed by atoms with E-state index in [9.17, 15) is 0 Å². The second kappa shape index (κ2) is 18.5. The van der Waals surface area contributed by atoms with E-state index in [4.69, 9.17) is 0 Å². The topological polar surface area (TPSA) is 9.86 Å². The summed E-state index contributed by atoms with van der Waals surface area (Å²) in [6.45, 7) is 17.8. The maximum absolute atomic E-state index is 4.01. The Hall–Kier alpha value is -8.50. The molecule has 0 radical (unpaired) electrons. The maximum Gasteiger partial charge on any atom is 0.0541 e. The first kappa shape index (κ1) is 44.0. The number of aromatic nitrogens is 2. The highest BCUT2D eigenvalue weighted by Crippen LogP contribution is 2.40. The van der Waals surface area contributed by atoms with Crippen molar-refractivity contribution in [2.45, 2.75) is 20.8 Å². The Kier molecular flexibility index (Phi) is 11.7. The van der Waals surface area contributed by atoms with Crippen LogP contribution in [0.3, 0.4) is 0 Å². The molecule has 0 aliphatic heterocycles. The molecule has 0 fully saturated rings. The third-order valence-corrected chi connectivity index (χ3v) is 14.7. The Bertz CT molecular complexity index is 4000. The number of allylic oxidation sites excluding steroid dienone is 7. The summed E-state index contributed by atoms with van der Waals surface area (Å²) in [5.41, 5.74) is 18.9. The fraction of sp³-hybridized carbons (Fsp3) is 0.0448. The zero-order chi connectivity index (χ0) is 47.9. The van der Waals surface area contributed by atoms with Crippen molar-refractivity contribution in [1.82, 2.24) is 9.13 Å². The summed E-state index contributed by atoms with van der Waals surface area (Å²) in [5, 5.41) is 7.72. The van der Waals surface area contributed by atoms with E-state index < -0.39 is 0 Å². The number of nitrogens with zero attached hydrogens (tertiary/aromatic N) is 2. The molecule has 12 aromatic rings. The molecular formula is C67H52N2S. The molecule has 70 heavy (non-hydrogen) atoms. The summed E-state index contributed by atoms with van der Waals surface area (Å²) < 4.78 is 7.42. The van der Waals surface area contributed by atoms with Crippen LogP contribution in [0.5, 0.6) is 0 Å². The molecule has 0 saturated heterocycles. The number of hydrogen-bond donors (Lipinski definition) is 0. The molecule has 3 heteroatoms. The van der Waals surface area contributed by atoms with Crippen molar-refractivity contribution in [3.63, 3.8) is 0 Å². The first-order chi connectivity index (χ1) is 34.2. The van der Waals surface area contributed by atoms with E-state index in [1.165, 1.54) is 120 Å². The predicted octanol–water partition coefficient (Wildman–Crippen LogP) is 19.4. The van der Waals surface area contributed by atoms with E-state index in [1.54, 1.807) is 0 Å². The molecule has 0 N–H and O–H groups in total. The van der Waals surface area contributed by atoms with Gasteiger partial charge in [0.05, 0.1) is 22.1 Å². The van der Waals surface area contributed by atoms with Crippen LogP contribution < -0.4 is 0 Å². The van der Waals surface area contributed by atoms with Gasteiger partial charge in [-0.3, -0.25) is 0 Å². The van der Waals surface area contributed by atoms with Gasteiger partial charge in [-0.25, -0.2) is 0 Å². The highest BCUT2D eigenvalue weighted by atomic mass is 32.1. The lowest BCUT2D eigenvalue weighted by atomic mass is 9.97. The summed E-state index contributed by atoms with van der Waals surface area (Å²) in [6.07, 6.45) is 5.91. The summed E-state index contributed by atoms with van der Waals surface area (Å²) in [4.78, 5) is 0. The van der Waals surface area contributed by atoms with Crippen molar-refractivity contribution in [1.29, 1.82) is 0 Å². The van der Waals surface area contributed by atoms with Gasteiger partial charge in [0.25, 0.3) is 0 Å². The zero-order valence-electron chi connectivity index (χ0n) is 39.8. The number of thiophene rings is 1. The van der Waals surface area contributed by atoms with Crippen LogP contribution in [0.25, 0.3) is 109 Å². The van der Waals surface area contributed by atoms with Crippen LogP contribution in [0.15, 0.2) is 255 Å². The van der Waals surface area contributed by atoms with Gasteiger partial charge in [0.1, 0.15) is 0 Å². The van der Waals surface area contributed by atoms with Crippen LogP contribution >= 0.6 is 11.3 Å². The molecule has 2 nitrogen and oxygen atoms in total. The zero-order valence-corrected chi connectivity index (χ0v) is 40.6. The van der Waals surface area contributed by atoms with Crippen molar-refractivity contribution in [3.8, 4) is 33.6 Å². The van der Waals surface area contributed by atoms with Crippen molar-refractivity contribution in [2.75, 3.05) is 0 Å². The second-order valence-electron chi connectivity index (χ2n) is 18.2. The van der Waals surface area contributed by atoms with E-state index >= 15 is 0 Å². The summed E-state index contributed by atoms with van der Waals surface area (Å²) in [6, 6.07) is 75.2. The number of benzene rings is 9. The minimum absolute atomic E-state index is 0.973. The normalized spacial score (nSPS) is 12.0. The first-order valence-electron chi connectivity index (χ1n) is 23.8. The molecule has 0 saturated carbocycles. The minimum atomic E-state index is 0.973. The van der Waals surface area contributed by atoms with E-state index in [-0.39, 0.29) is 0 Å². The van der Waals surface area contributed by atoms with Crippen molar-refractivity contribution < 1.29 is 0 Å². The molecule has 3 heterocycles. The SMILES string of the molecule is C=C/C=C(\C)c1cccc(/C(C)=C/C(=C)C(=C)C)c1.c1cc(-c2cccc(-n3c4ccccc4c4ccccc43)c2)cc(-c2ccc3sc4ccc(-n5c6ccccc6c6ccccc65)cc4c3c2)c1. The Morgan fingerprint density at radius 2 is 0.843 bits per heavy atom. The highest BCUT2D eigenvalue weighted by molar-refractivity contribution is 7.25. The lowest BCUT2D eigenvalue weighted by Crippen LogP contribution is -1.94. The molecular weight excluding hydrogens is 865 g/mol. The fourth-order valence-corrected chi connectivity index (χ4v) is 11.0. The van der Waals surface area contributed by atoms with Crippen LogP contribution in [0.2, 0.25) is 0 Å². The van der Waals surface area contributed by atoms with Gasteiger partial charge < -0.3 is 9.13 Å². The minimum Gasteiger partial charge on any atom is -0.309 e. The van der Waals surface area contributed by atoms with E-state index in [0.717, 1.165) is 11.1 Å². The standard InChI is InChI=1S/C48H30N2S.C19H22/c1-5-19-43-37(15-1)38-16-2-6-20-44(38)49(43)35-14-10-13-33(28-35)31-11-9-12-32(27-31)34-23-25-47-41(29-34)42-30-36(24-26-48(42)51-47)50-45-21-7-3-17-39(45)40-18-4-8-22-46(40)50;1-7-9-15(4)18-10-8-11-19(13-18)17(6)12-16(5)14(2)3/h1-30H;7-13H,1-2,5H2,3-4,6H3/b;15-9+,17-12+. The molecule has 3 aromatic heterocycles. The smallest absolute Gasteiger partial charge is 0.0541 e. The van der Waals surface area contributed by atoms with Gasteiger partial charge in [-0.1, -0.05) is 171 Å². The lowest BCUT2D eigenvalue weighted by Gasteiger charge is -2.11. The Morgan fingerprint density at radius 1 is 0.400 bits per heavy atom. The van der Waals surface area contributed by atoms with Crippen molar-refractivity contribution in [2.24, 2.45) is 0 Å². The quantitative estimate of drug-likeness (QED) is 0.128. The van der Waals surface area contributed by atoms with E-state index in [0.29, 0.717) is 0 Å². The third kappa shape index (κ3) is 8.11. The number of hydrogen-bond acceptors (Lipinski definition) is 1. The van der Waals surface area contributed by atoms with Gasteiger partial charge in [-0.05, 0) is 150 Å². The van der Waals surface area contributed by atoms with E-state index in [2.05, 4.69) is 255 Å². The third-order valence-electron chi connectivity index (χ3n) is 13.6. The first-order valence-corrected chi connectivity index (χ1v) is 24.6. The summed E-state index contributed by atoms with van der Waals surface area (Å²) in [7, 11) is 0. The average molecular weight is 917 g/mol. The van der Waals surface area contributed by atoms with Crippen molar-refractivity contribution in [3.05, 3.63) is 266 Å². The number of fused-ring (bicyclic) bond motifs is 9. The van der Waals surface area contributed by atoms with Gasteiger partial charge in [-0.2, -0.15) is 0 Å². The Balaban J connectivity index is 0.000000239. The molecule has 0 amide bonds. The summed E-state index contributed by atoms with van der Waals surface area (Å²) >= 11 is 1.87. The van der Waals surface area contributed by atoms with Crippen LogP contribution in [-0.4, -0.2) is 9.13 Å². The van der Waals surface area contributed by atoms with Gasteiger partial charge in [0.15, 0.2) is 0 Å². The molecule has 0 atom stereocenters. The molecule has 0 unspecified atom stereocenters. The number of para-hydroxylation sites is 4. The largest absolute Gasteiger partial charge is 0.309 e. The lowest BCUT2D eigenvalue weighted by molar-refractivity contribution is 1.18. The molecule has 0 bridgehead atoms. The summed E-state index contributed by atoms with van der Waals surface area (Å²) in [5.74, 6) is 0. The Labute approximate surface area is 414 Å². The predicted molar refractivity (Wildman–Crippen MR) is 307 cm³/mol. The van der Waals surface area contributed by atoms with E-state index in [1.807, 2.05) is 30.4 Å². The van der Waals surface area contributed by atoms with Gasteiger partial charge in [-0.15, -0.1) is 11.3 Å². The molecule has 12 rings (SSSR count).